The Hall–Kier alpha value is -3.22. The Bertz CT molecular complexity index is 858. The first-order valence-electron chi connectivity index (χ1n) is 8.02. The molecule has 0 atom stereocenters. The summed E-state index contributed by atoms with van der Waals surface area (Å²) in [5.41, 5.74) is 2.63. The van der Waals surface area contributed by atoms with E-state index in [0.717, 1.165) is 11.1 Å². The van der Waals surface area contributed by atoms with Crippen molar-refractivity contribution in [3.8, 4) is 17.1 Å². The molecule has 0 unspecified atom stereocenters. The number of amides is 1. The van der Waals surface area contributed by atoms with Crippen molar-refractivity contribution in [3.63, 3.8) is 0 Å². The Morgan fingerprint density at radius 3 is 2.68 bits per heavy atom. The lowest BCUT2D eigenvalue weighted by molar-refractivity contribution is -0.116. The number of hydrogen-bond acceptors (Lipinski definition) is 5. The van der Waals surface area contributed by atoms with Gasteiger partial charge in [-0.2, -0.15) is 0 Å². The SMILES string of the molecule is CCOc1ccccc1NC(=O)Cn1nnnc1-c1ccc(C)cc1. The number of carbonyl (C=O) groups is 1. The molecule has 7 heteroatoms. The summed E-state index contributed by atoms with van der Waals surface area (Å²) in [6.07, 6.45) is 0. The Labute approximate surface area is 145 Å². The minimum absolute atomic E-state index is 0.0106. The molecule has 128 valence electrons. The molecule has 0 spiro atoms. The maximum Gasteiger partial charge on any atom is 0.246 e. The van der Waals surface area contributed by atoms with Gasteiger partial charge in [-0.25, -0.2) is 4.68 Å². The van der Waals surface area contributed by atoms with E-state index in [0.29, 0.717) is 23.9 Å². The highest BCUT2D eigenvalue weighted by atomic mass is 16.5. The molecule has 0 radical (unpaired) electrons. The van der Waals surface area contributed by atoms with E-state index in [9.17, 15) is 4.79 Å². The van der Waals surface area contributed by atoms with Crippen LogP contribution >= 0.6 is 0 Å². The molecule has 0 saturated carbocycles. The molecule has 1 N–H and O–H groups in total. The molecule has 1 heterocycles. The Kier molecular flexibility index (Phi) is 5.03. The van der Waals surface area contributed by atoms with Gasteiger partial charge in [0.1, 0.15) is 12.3 Å². The van der Waals surface area contributed by atoms with Crippen LogP contribution in [0.4, 0.5) is 5.69 Å². The lowest BCUT2D eigenvalue weighted by Gasteiger charge is -2.11. The number of nitrogens with one attached hydrogen (secondary N) is 1. The van der Waals surface area contributed by atoms with Crippen LogP contribution in [-0.4, -0.2) is 32.7 Å². The number of nitrogens with zero attached hydrogens (tertiary/aromatic N) is 4. The van der Waals surface area contributed by atoms with Crippen molar-refractivity contribution < 1.29 is 9.53 Å². The number of carbonyl (C=O) groups excluding carboxylic acids is 1. The Balaban J connectivity index is 1.74. The summed E-state index contributed by atoms with van der Waals surface area (Å²) >= 11 is 0. The molecule has 7 nitrogen and oxygen atoms in total. The zero-order chi connectivity index (χ0) is 17.6. The summed E-state index contributed by atoms with van der Waals surface area (Å²) in [4.78, 5) is 12.4. The second kappa shape index (κ2) is 7.57. The average Bonchev–Trinajstić information content (AvgIpc) is 3.05. The molecule has 0 saturated heterocycles. The highest BCUT2D eigenvalue weighted by molar-refractivity contribution is 5.92. The van der Waals surface area contributed by atoms with Gasteiger partial charge in [-0.3, -0.25) is 4.79 Å². The highest BCUT2D eigenvalue weighted by Gasteiger charge is 2.13. The number of para-hydroxylation sites is 2. The molecule has 25 heavy (non-hydrogen) atoms. The first-order valence-corrected chi connectivity index (χ1v) is 8.02. The van der Waals surface area contributed by atoms with E-state index in [4.69, 9.17) is 4.74 Å². The fourth-order valence-corrected chi connectivity index (χ4v) is 2.40. The van der Waals surface area contributed by atoms with Crippen molar-refractivity contribution in [2.24, 2.45) is 0 Å². The number of rotatable bonds is 6. The van der Waals surface area contributed by atoms with Crippen molar-refractivity contribution in [2.75, 3.05) is 11.9 Å². The van der Waals surface area contributed by atoms with Gasteiger partial charge >= 0.3 is 0 Å². The van der Waals surface area contributed by atoms with Crippen molar-refractivity contribution >= 4 is 11.6 Å². The standard InChI is InChI=1S/C18H19N5O2/c1-3-25-16-7-5-4-6-15(16)19-17(24)12-23-18(20-21-22-23)14-10-8-13(2)9-11-14/h4-11H,3,12H2,1-2H3,(H,19,24). The largest absolute Gasteiger partial charge is 0.492 e. The van der Waals surface area contributed by atoms with Gasteiger partial charge < -0.3 is 10.1 Å². The van der Waals surface area contributed by atoms with Crippen LogP contribution in [0.2, 0.25) is 0 Å². The zero-order valence-electron chi connectivity index (χ0n) is 14.1. The molecule has 2 aromatic carbocycles. The average molecular weight is 337 g/mol. The van der Waals surface area contributed by atoms with E-state index in [-0.39, 0.29) is 12.5 Å². The Morgan fingerprint density at radius 1 is 1.16 bits per heavy atom. The number of benzene rings is 2. The van der Waals surface area contributed by atoms with Crippen molar-refractivity contribution in [1.82, 2.24) is 20.2 Å². The minimum atomic E-state index is -0.229. The van der Waals surface area contributed by atoms with Crippen LogP contribution in [0.25, 0.3) is 11.4 Å². The number of anilines is 1. The monoisotopic (exact) mass is 337 g/mol. The number of aromatic nitrogens is 4. The third-order valence-corrected chi connectivity index (χ3v) is 3.60. The van der Waals surface area contributed by atoms with Gasteiger partial charge in [0.25, 0.3) is 0 Å². The second-order valence-electron chi connectivity index (χ2n) is 5.50. The first-order chi connectivity index (χ1) is 12.2. The molecular formula is C18H19N5O2. The molecule has 0 bridgehead atoms. The van der Waals surface area contributed by atoms with Gasteiger partial charge in [0, 0.05) is 5.56 Å². The minimum Gasteiger partial charge on any atom is -0.492 e. The molecular weight excluding hydrogens is 318 g/mol. The van der Waals surface area contributed by atoms with Crippen LogP contribution in [0.3, 0.4) is 0 Å². The molecule has 1 aromatic heterocycles. The predicted octanol–water partition coefficient (Wildman–Crippen LogP) is 2.69. The molecule has 3 rings (SSSR count). The number of tetrazole rings is 1. The Morgan fingerprint density at radius 2 is 1.92 bits per heavy atom. The predicted molar refractivity (Wildman–Crippen MR) is 94.2 cm³/mol. The number of ether oxygens (including phenoxy) is 1. The normalized spacial score (nSPS) is 10.5. The quantitative estimate of drug-likeness (QED) is 0.748. The third-order valence-electron chi connectivity index (χ3n) is 3.60. The van der Waals surface area contributed by atoms with Gasteiger partial charge in [-0.1, -0.05) is 42.0 Å². The van der Waals surface area contributed by atoms with Gasteiger partial charge in [0.2, 0.25) is 5.91 Å². The summed E-state index contributed by atoms with van der Waals surface area (Å²) in [6.45, 7) is 4.44. The van der Waals surface area contributed by atoms with Gasteiger partial charge in [-0.15, -0.1) is 5.10 Å². The summed E-state index contributed by atoms with van der Waals surface area (Å²) < 4.78 is 6.99. The van der Waals surface area contributed by atoms with E-state index < -0.39 is 0 Å². The number of hydrogen-bond donors (Lipinski definition) is 1. The van der Waals surface area contributed by atoms with Crippen LogP contribution in [0.1, 0.15) is 12.5 Å². The highest BCUT2D eigenvalue weighted by Crippen LogP contribution is 2.23. The molecule has 0 aliphatic carbocycles. The molecule has 0 aliphatic heterocycles. The van der Waals surface area contributed by atoms with Crippen molar-refractivity contribution in [3.05, 3.63) is 54.1 Å². The van der Waals surface area contributed by atoms with Crippen LogP contribution in [-0.2, 0) is 11.3 Å². The first kappa shape index (κ1) is 16.6. The van der Waals surface area contributed by atoms with Gasteiger partial charge in [0.05, 0.1) is 12.3 Å². The second-order valence-corrected chi connectivity index (χ2v) is 5.50. The zero-order valence-corrected chi connectivity index (χ0v) is 14.1. The van der Waals surface area contributed by atoms with E-state index in [1.54, 1.807) is 6.07 Å². The number of aryl methyl sites for hydroxylation is 1. The summed E-state index contributed by atoms with van der Waals surface area (Å²) in [7, 11) is 0. The van der Waals surface area contributed by atoms with E-state index in [1.165, 1.54) is 4.68 Å². The fraction of sp³-hybridized carbons (Fsp3) is 0.222. The van der Waals surface area contributed by atoms with E-state index in [1.807, 2.05) is 56.3 Å². The molecule has 0 aliphatic rings. The van der Waals surface area contributed by atoms with Gasteiger partial charge in [-0.05, 0) is 36.4 Å². The maximum atomic E-state index is 12.4. The van der Waals surface area contributed by atoms with Crippen LogP contribution in [0, 0.1) is 6.92 Å². The lowest BCUT2D eigenvalue weighted by Crippen LogP contribution is -2.20. The van der Waals surface area contributed by atoms with Crippen molar-refractivity contribution in [2.45, 2.75) is 20.4 Å². The third kappa shape index (κ3) is 4.00. The van der Waals surface area contributed by atoms with Crippen LogP contribution in [0.15, 0.2) is 48.5 Å². The summed E-state index contributed by atoms with van der Waals surface area (Å²) in [5, 5.41) is 14.5. The lowest BCUT2D eigenvalue weighted by atomic mass is 10.1. The maximum absolute atomic E-state index is 12.4. The summed E-state index contributed by atoms with van der Waals surface area (Å²) in [5.74, 6) is 0.954. The molecule has 0 fully saturated rings. The topological polar surface area (TPSA) is 81.9 Å². The molecule has 1 amide bonds. The fourth-order valence-electron chi connectivity index (χ4n) is 2.40. The molecule has 3 aromatic rings. The van der Waals surface area contributed by atoms with Crippen LogP contribution < -0.4 is 10.1 Å². The van der Waals surface area contributed by atoms with Crippen molar-refractivity contribution in [1.29, 1.82) is 0 Å². The van der Waals surface area contributed by atoms with E-state index in [2.05, 4.69) is 20.8 Å². The van der Waals surface area contributed by atoms with E-state index >= 15 is 0 Å². The van der Waals surface area contributed by atoms with Crippen LogP contribution in [0.5, 0.6) is 5.75 Å². The van der Waals surface area contributed by atoms with Gasteiger partial charge in [0.15, 0.2) is 5.82 Å². The smallest absolute Gasteiger partial charge is 0.246 e. The summed E-state index contributed by atoms with van der Waals surface area (Å²) in [6, 6.07) is 15.1.